The van der Waals surface area contributed by atoms with Gasteiger partial charge in [0.2, 0.25) is 0 Å². The Morgan fingerprint density at radius 2 is 1.86 bits per heavy atom. The minimum absolute atomic E-state index is 0.386. The van der Waals surface area contributed by atoms with E-state index in [4.69, 9.17) is 16.3 Å². The Morgan fingerprint density at radius 3 is 2.67 bits per heavy atom. The van der Waals surface area contributed by atoms with Crippen LogP contribution in [0.15, 0.2) is 48.5 Å². The molecule has 0 bridgehead atoms. The predicted octanol–water partition coefficient (Wildman–Crippen LogP) is 5.27. The molecule has 0 radical (unpaired) electrons. The summed E-state index contributed by atoms with van der Waals surface area (Å²) in [5.41, 5.74) is 2.21. The molecule has 1 saturated carbocycles. The maximum Gasteiger partial charge on any atom is 0.124 e. The van der Waals surface area contributed by atoms with Crippen LogP contribution in [0, 0.1) is 0 Å². The molecule has 3 rings (SSSR count). The van der Waals surface area contributed by atoms with Crippen LogP contribution in [-0.2, 0) is 6.54 Å². The van der Waals surface area contributed by atoms with Crippen LogP contribution in [0.5, 0.6) is 5.75 Å². The molecule has 2 aromatic carbocycles. The number of hydrogen-bond donors (Lipinski definition) is 1. The SMILES string of the molecule is Clc1cccc(NCc2ccccc2OC2CCCC2)c1. The zero-order chi connectivity index (χ0) is 14.5. The summed E-state index contributed by atoms with van der Waals surface area (Å²) in [6.45, 7) is 0.739. The first-order valence-corrected chi connectivity index (χ1v) is 7.93. The van der Waals surface area contributed by atoms with Crippen molar-refractivity contribution in [3.63, 3.8) is 0 Å². The van der Waals surface area contributed by atoms with E-state index in [-0.39, 0.29) is 0 Å². The number of anilines is 1. The Labute approximate surface area is 131 Å². The highest BCUT2D eigenvalue weighted by Gasteiger charge is 2.17. The van der Waals surface area contributed by atoms with E-state index >= 15 is 0 Å². The minimum Gasteiger partial charge on any atom is -0.490 e. The monoisotopic (exact) mass is 301 g/mol. The van der Waals surface area contributed by atoms with E-state index in [1.165, 1.54) is 31.2 Å². The third-order valence-corrected chi connectivity index (χ3v) is 4.11. The molecule has 2 nitrogen and oxygen atoms in total. The fourth-order valence-electron chi connectivity index (χ4n) is 2.75. The summed E-state index contributed by atoms with van der Waals surface area (Å²) in [4.78, 5) is 0. The molecule has 0 spiro atoms. The molecule has 0 aliphatic heterocycles. The molecule has 1 aliphatic rings. The van der Waals surface area contributed by atoms with E-state index in [2.05, 4.69) is 23.5 Å². The van der Waals surface area contributed by atoms with Crippen LogP contribution in [0.2, 0.25) is 5.02 Å². The smallest absolute Gasteiger partial charge is 0.124 e. The first-order valence-electron chi connectivity index (χ1n) is 7.55. The fraction of sp³-hybridized carbons (Fsp3) is 0.333. The van der Waals surface area contributed by atoms with Gasteiger partial charge in [-0.3, -0.25) is 0 Å². The van der Waals surface area contributed by atoms with Gasteiger partial charge in [-0.05, 0) is 49.9 Å². The number of nitrogens with one attached hydrogen (secondary N) is 1. The lowest BCUT2D eigenvalue weighted by Gasteiger charge is -2.17. The molecule has 0 heterocycles. The Balaban J connectivity index is 1.67. The Morgan fingerprint density at radius 1 is 1.05 bits per heavy atom. The van der Waals surface area contributed by atoms with Gasteiger partial charge < -0.3 is 10.1 Å². The Hall–Kier alpha value is -1.67. The molecule has 21 heavy (non-hydrogen) atoms. The van der Waals surface area contributed by atoms with Gasteiger partial charge in [0, 0.05) is 22.8 Å². The van der Waals surface area contributed by atoms with Gasteiger partial charge in [-0.25, -0.2) is 0 Å². The van der Waals surface area contributed by atoms with E-state index in [0.717, 1.165) is 23.0 Å². The molecule has 110 valence electrons. The molecular formula is C18H20ClNO. The lowest BCUT2D eigenvalue weighted by atomic mass is 10.2. The molecule has 1 N–H and O–H groups in total. The number of rotatable bonds is 5. The van der Waals surface area contributed by atoms with Gasteiger partial charge in [0.05, 0.1) is 6.10 Å². The highest BCUT2D eigenvalue weighted by atomic mass is 35.5. The van der Waals surface area contributed by atoms with E-state index in [0.29, 0.717) is 6.10 Å². The molecule has 0 unspecified atom stereocenters. The van der Waals surface area contributed by atoms with Crippen molar-refractivity contribution in [3.8, 4) is 5.75 Å². The van der Waals surface area contributed by atoms with Gasteiger partial charge in [-0.2, -0.15) is 0 Å². The quantitative estimate of drug-likeness (QED) is 0.812. The van der Waals surface area contributed by atoms with Crippen LogP contribution in [0.1, 0.15) is 31.2 Å². The van der Waals surface area contributed by atoms with Crippen molar-refractivity contribution < 1.29 is 4.74 Å². The van der Waals surface area contributed by atoms with Crippen LogP contribution in [0.25, 0.3) is 0 Å². The minimum atomic E-state index is 0.386. The number of hydrogen-bond acceptors (Lipinski definition) is 2. The van der Waals surface area contributed by atoms with Crippen molar-refractivity contribution in [3.05, 3.63) is 59.1 Å². The molecular weight excluding hydrogens is 282 g/mol. The van der Waals surface area contributed by atoms with Gasteiger partial charge in [0.1, 0.15) is 5.75 Å². The van der Waals surface area contributed by atoms with Gasteiger partial charge in [0.25, 0.3) is 0 Å². The summed E-state index contributed by atoms with van der Waals surface area (Å²) < 4.78 is 6.15. The standard InChI is InChI=1S/C18H20ClNO/c19-15-7-5-8-16(12-15)20-13-14-6-1-4-11-18(14)21-17-9-2-3-10-17/h1,4-8,11-12,17,20H,2-3,9-10,13H2. The van der Waals surface area contributed by atoms with Gasteiger partial charge in [-0.15, -0.1) is 0 Å². The van der Waals surface area contributed by atoms with Crippen molar-refractivity contribution in [1.29, 1.82) is 0 Å². The van der Waals surface area contributed by atoms with Crippen LogP contribution >= 0.6 is 11.6 Å². The van der Waals surface area contributed by atoms with Crippen LogP contribution in [0.4, 0.5) is 5.69 Å². The number of benzene rings is 2. The first kappa shape index (κ1) is 14.3. The molecule has 0 amide bonds. The van der Waals surface area contributed by atoms with E-state index in [1.807, 2.05) is 30.3 Å². The maximum atomic E-state index is 6.15. The average molecular weight is 302 g/mol. The largest absolute Gasteiger partial charge is 0.490 e. The fourth-order valence-corrected chi connectivity index (χ4v) is 2.94. The lowest BCUT2D eigenvalue weighted by molar-refractivity contribution is 0.208. The van der Waals surface area contributed by atoms with Crippen molar-refractivity contribution in [2.24, 2.45) is 0 Å². The van der Waals surface area contributed by atoms with Gasteiger partial charge in [0.15, 0.2) is 0 Å². The van der Waals surface area contributed by atoms with Crippen molar-refractivity contribution >= 4 is 17.3 Å². The first-order chi connectivity index (χ1) is 10.3. The summed E-state index contributed by atoms with van der Waals surface area (Å²) in [6.07, 6.45) is 5.31. The van der Waals surface area contributed by atoms with Crippen LogP contribution in [0.3, 0.4) is 0 Å². The highest BCUT2D eigenvalue weighted by Crippen LogP contribution is 2.27. The molecule has 3 heteroatoms. The van der Waals surface area contributed by atoms with Crippen molar-refractivity contribution in [2.45, 2.75) is 38.3 Å². The molecule has 1 fully saturated rings. The highest BCUT2D eigenvalue weighted by molar-refractivity contribution is 6.30. The summed E-state index contributed by atoms with van der Waals surface area (Å²) in [6, 6.07) is 16.0. The third-order valence-electron chi connectivity index (χ3n) is 3.88. The summed E-state index contributed by atoms with van der Waals surface area (Å²) in [7, 11) is 0. The normalized spacial score (nSPS) is 15.1. The van der Waals surface area contributed by atoms with Crippen molar-refractivity contribution in [1.82, 2.24) is 0 Å². The lowest BCUT2D eigenvalue weighted by Crippen LogP contribution is -2.13. The summed E-state index contributed by atoms with van der Waals surface area (Å²) in [5, 5.41) is 4.15. The molecule has 1 aliphatic carbocycles. The molecule has 0 atom stereocenters. The molecule has 0 saturated heterocycles. The molecule has 2 aromatic rings. The second-order valence-corrected chi connectivity index (χ2v) is 5.93. The van der Waals surface area contributed by atoms with Crippen LogP contribution in [-0.4, -0.2) is 6.10 Å². The maximum absolute atomic E-state index is 6.15. The van der Waals surface area contributed by atoms with Gasteiger partial charge >= 0.3 is 0 Å². The van der Waals surface area contributed by atoms with E-state index in [9.17, 15) is 0 Å². The Kier molecular flexibility index (Phi) is 4.66. The number of halogens is 1. The average Bonchev–Trinajstić information content (AvgIpc) is 2.99. The number of ether oxygens (including phenoxy) is 1. The van der Waals surface area contributed by atoms with Crippen molar-refractivity contribution in [2.75, 3.05) is 5.32 Å². The van der Waals surface area contributed by atoms with Crippen LogP contribution < -0.4 is 10.1 Å². The topological polar surface area (TPSA) is 21.3 Å². The zero-order valence-corrected chi connectivity index (χ0v) is 12.8. The van der Waals surface area contributed by atoms with E-state index < -0.39 is 0 Å². The summed E-state index contributed by atoms with van der Waals surface area (Å²) in [5.74, 6) is 0.999. The third kappa shape index (κ3) is 3.92. The second kappa shape index (κ2) is 6.86. The number of para-hydroxylation sites is 1. The van der Waals surface area contributed by atoms with Gasteiger partial charge in [-0.1, -0.05) is 35.9 Å². The van der Waals surface area contributed by atoms with E-state index in [1.54, 1.807) is 0 Å². The summed E-state index contributed by atoms with van der Waals surface area (Å²) >= 11 is 6.01. The Bertz CT molecular complexity index is 593. The predicted molar refractivity (Wildman–Crippen MR) is 88.1 cm³/mol. The second-order valence-electron chi connectivity index (χ2n) is 5.50. The zero-order valence-electron chi connectivity index (χ0n) is 12.0. The molecule has 0 aromatic heterocycles.